The number of H-pyrrole nitrogens is 1. The molecule has 1 heterocycles. The van der Waals surface area contributed by atoms with E-state index in [-0.39, 0.29) is 11.6 Å². The molecule has 2 amide bonds. The third kappa shape index (κ3) is 3.86. The molecule has 21 heavy (non-hydrogen) atoms. The molecule has 0 aliphatic heterocycles. The van der Waals surface area contributed by atoms with Crippen molar-refractivity contribution < 1.29 is 14.3 Å². The van der Waals surface area contributed by atoms with Crippen molar-refractivity contribution in [3.05, 3.63) is 41.7 Å². The number of para-hydroxylation sites is 1. The minimum atomic E-state index is -0.444. The number of aromatic nitrogens is 3. The largest absolute Gasteiger partial charge is 0.383 e. The fraction of sp³-hybridized carbons (Fsp3) is 0.231. The molecular weight excluding hydrogens is 274 g/mol. The maximum absolute atomic E-state index is 12.1. The number of nitrogens with one attached hydrogen (secondary N) is 3. The average Bonchev–Trinajstić information content (AvgIpc) is 3.02. The van der Waals surface area contributed by atoms with Crippen molar-refractivity contribution >= 4 is 17.5 Å². The Bertz CT molecular complexity index is 612. The van der Waals surface area contributed by atoms with Crippen molar-refractivity contribution in [2.45, 2.75) is 0 Å². The molecule has 8 heteroatoms. The van der Waals surface area contributed by atoms with Crippen LogP contribution in [0.4, 0.5) is 5.69 Å². The minimum Gasteiger partial charge on any atom is -0.383 e. The molecule has 0 saturated carbocycles. The van der Waals surface area contributed by atoms with E-state index >= 15 is 0 Å². The van der Waals surface area contributed by atoms with E-state index < -0.39 is 5.91 Å². The summed E-state index contributed by atoms with van der Waals surface area (Å²) >= 11 is 0. The van der Waals surface area contributed by atoms with Gasteiger partial charge in [0.1, 0.15) is 0 Å². The van der Waals surface area contributed by atoms with E-state index in [1.165, 1.54) is 6.20 Å². The Morgan fingerprint density at radius 3 is 2.81 bits per heavy atom. The van der Waals surface area contributed by atoms with Crippen LogP contribution in [0.25, 0.3) is 0 Å². The highest BCUT2D eigenvalue weighted by Gasteiger charge is 2.14. The minimum absolute atomic E-state index is 0.143. The number of benzene rings is 1. The van der Waals surface area contributed by atoms with Gasteiger partial charge in [-0.25, -0.2) is 0 Å². The van der Waals surface area contributed by atoms with Gasteiger partial charge in [-0.05, 0) is 12.1 Å². The van der Waals surface area contributed by atoms with Crippen molar-refractivity contribution in [3.8, 4) is 0 Å². The van der Waals surface area contributed by atoms with Crippen LogP contribution in [-0.2, 0) is 4.74 Å². The fourth-order valence-electron chi connectivity index (χ4n) is 1.65. The van der Waals surface area contributed by atoms with E-state index in [4.69, 9.17) is 4.74 Å². The van der Waals surface area contributed by atoms with Crippen molar-refractivity contribution in [2.24, 2.45) is 0 Å². The highest BCUT2D eigenvalue weighted by atomic mass is 16.5. The van der Waals surface area contributed by atoms with Crippen LogP contribution < -0.4 is 10.6 Å². The lowest BCUT2D eigenvalue weighted by molar-refractivity contribution is 0.0938. The fourth-order valence-corrected chi connectivity index (χ4v) is 1.65. The molecule has 3 N–H and O–H groups in total. The second-order valence-electron chi connectivity index (χ2n) is 4.10. The highest BCUT2D eigenvalue weighted by molar-refractivity contribution is 6.08. The lowest BCUT2D eigenvalue weighted by Crippen LogP contribution is -2.28. The molecule has 0 unspecified atom stereocenters. The van der Waals surface area contributed by atoms with Gasteiger partial charge in [-0.3, -0.25) is 9.59 Å². The number of rotatable bonds is 6. The van der Waals surface area contributed by atoms with Gasteiger partial charge >= 0.3 is 0 Å². The Labute approximate surface area is 120 Å². The second kappa shape index (κ2) is 7.15. The van der Waals surface area contributed by atoms with Crippen LogP contribution in [0, 0.1) is 0 Å². The van der Waals surface area contributed by atoms with Gasteiger partial charge in [0, 0.05) is 13.7 Å². The summed E-state index contributed by atoms with van der Waals surface area (Å²) in [6.45, 7) is 0.806. The van der Waals surface area contributed by atoms with Crippen LogP contribution >= 0.6 is 0 Å². The van der Waals surface area contributed by atoms with Crippen molar-refractivity contribution in [2.75, 3.05) is 25.6 Å². The number of anilines is 1. The Balaban J connectivity index is 2.09. The zero-order valence-corrected chi connectivity index (χ0v) is 11.4. The number of carbonyl (C=O) groups excluding carboxylic acids is 2. The number of aromatic amines is 1. The first kappa shape index (κ1) is 14.7. The first-order valence-corrected chi connectivity index (χ1v) is 6.25. The molecule has 110 valence electrons. The maximum atomic E-state index is 12.1. The van der Waals surface area contributed by atoms with Crippen molar-refractivity contribution in [1.29, 1.82) is 0 Å². The zero-order valence-electron chi connectivity index (χ0n) is 11.4. The van der Waals surface area contributed by atoms with Crippen molar-refractivity contribution in [1.82, 2.24) is 20.7 Å². The third-order valence-electron chi connectivity index (χ3n) is 2.66. The standard InChI is InChI=1S/C13H15N5O3/c1-21-7-6-14-12(19)9-4-2-3-5-10(9)16-13(20)11-8-15-18-17-11/h2-5,8H,6-7H2,1H3,(H,14,19)(H,16,20)(H,15,17,18). The molecule has 0 fully saturated rings. The van der Waals surface area contributed by atoms with E-state index in [0.717, 1.165) is 0 Å². The summed E-state index contributed by atoms with van der Waals surface area (Å²) in [5.74, 6) is -0.732. The van der Waals surface area contributed by atoms with E-state index in [2.05, 4.69) is 26.0 Å². The van der Waals surface area contributed by atoms with Gasteiger partial charge in [-0.15, -0.1) is 0 Å². The van der Waals surface area contributed by atoms with Crippen LogP contribution in [0.15, 0.2) is 30.5 Å². The highest BCUT2D eigenvalue weighted by Crippen LogP contribution is 2.15. The summed E-state index contributed by atoms with van der Waals surface area (Å²) in [4.78, 5) is 24.0. The van der Waals surface area contributed by atoms with Gasteiger partial charge in [0.2, 0.25) is 0 Å². The number of amides is 2. The lowest BCUT2D eigenvalue weighted by atomic mass is 10.1. The summed E-state index contributed by atoms with van der Waals surface area (Å²) in [7, 11) is 1.55. The van der Waals surface area contributed by atoms with Gasteiger partial charge in [0.05, 0.1) is 24.1 Å². The van der Waals surface area contributed by atoms with Gasteiger partial charge in [0.15, 0.2) is 5.69 Å². The molecule has 0 aliphatic rings. The molecule has 0 radical (unpaired) electrons. The van der Waals surface area contributed by atoms with Crippen LogP contribution in [-0.4, -0.2) is 47.5 Å². The van der Waals surface area contributed by atoms with E-state index in [9.17, 15) is 9.59 Å². The quantitative estimate of drug-likeness (QED) is 0.668. The van der Waals surface area contributed by atoms with Crippen LogP contribution in [0.2, 0.25) is 0 Å². The molecule has 2 rings (SSSR count). The number of hydrogen-bond donors (Lipinski definition) is 3. The zero-order chi connectivity index (χ0) is 15.1. The molecule has 1 aromatic carbocycles. The predicted molar refractivity (Wildman–Crippen MR) is 75.0 cm³/mol. The molecule has 0 aliphatic carbocycles. The lowest BCUT2D eigenvalue weighted by Gasteiger charge is -2.10. The van der Waals surface area contributed by atoms with Crippen LogP contribution in [0.1, 0.15) is 20.8 Å². The normalized spacial score (nSPS) is 10.1. The van der Waals surface area contributed by atoms with Crippen molar-refractivity contribution in [3.63, 3.8) is 0 Å². The summed E-state index contributed by atoms with van der Waals surface area (Å²) in [6, 6.07) is 6.71. The van der Waals surface area contributed by atoms with Gasteiger partial charge in [0.25, 0.3) is 11.8 Å². The topological polar surface area (TPSA) is 109 Å². The number of methoxy groups -OCH3 is 1. The van der Waals surface area contributed by atoms with Crippen LogP contribution in [0.3, 0.4) is 0 Å². The molecule has 1 aromatic heterocycles. The number of hydrogen-bond acceptors (Lipinski definition) is 5. The van der Waals surface area contributed by atoms with Gasteiger partial charge < -0.3 is 15.4 Å². The Morgan fingerprint density at radius 2 is 2.10 bits per heavy atom. The predicted octanol–water partition coefficient (Wildman–Crippen LogP) is 0.433. The first-order chi connectivity index (χ1) is 10.2. The monoisotopic (exact) mass is 289 g/mol. The Morgan fingerprint density at radius 1 is 1.29 bits per heavy atom. The van der Waals surface area contributed by atoms with E-state index in [1.807, 2.05) is 0 Å². The summed E-state index contributed by atoms with van der Waals surface area (Å²) in [5.41, 5.74) is 0.912. The van der Waals surface area contributed by atoms with E-state index in [1.54, 1.807) is 31.4 Å². The molecule has 0 bridgehead atoms. The molecule has 0 saturated heterocycles. The first-order valence-electron chi connectivity index (χ1n) is 6.25. The molecular formula is C13H15N5O3. The summed E-state index contributed by atoms with van der Waals surface area (Å²) in [5, 5.41) is 14.9. The second-order valence-corrected chi connectivity index (χ2v) is 4.10. The molecule has 2 aromatic rings. The summed E-state index contributed by atoms with van der Waals surface area (Å²) < 4.78 is 4.87. The Kier molecular flexibility index (Phi) is 4.99. The smallest absolute Gasteiger partial charge is 0.277 e. The Hall–Kier alpha value is -2.74. The maximum Gasteiger partial charge on any atom is 0.277 e. The SMILES string of the molecule is COCCNC(=O)c1ccccc1NC(=O)c1cn[nH]n1. The molecule has 0 atom stereocenters. The molecule has 0 spiro atoms. The number of carbonyl (C=O) groups is 2. The van der Waals surface area contributed by atoms with Crippen LogP contribution in [0.5, 0.6) is 0 Å². The number of nitrogens with zero attached hydrogens (tertiary/aromatic N) is 2. The average molecular weight is 289 g/mol. The summed E-state index contributed by atoms with van der Waals surface area (Å²) in [6.07, 6.45) is 1.30. The van der Waals surface area contributed by atoms with Gasteiger partial charge in [-0.1, -0.05) is 12.1 Å². The third-order valence-corrected chi connectivity index (χ3v) is 2.66. The van der Waals surface area contributed by atoms with E-state index in [0.29, 0.717) is 24.4 Å². The van der Waals surface area contributed by atoms with Gasteiger partial charge in [-0.2, -0.15) is 15.4 Å². The molecule has 8 nitrogen and oxygen atoms in total. The number of ether oxygens (including phenoxy) is 1.